The first kappa shape index (κ1) is 6.97. The first-order valence-electron chi connectivity index (χ1n) is 1.82. The molecule has 1 aromatic heterocycles. The summed E-state index contributed by atoms with van der Waals surface area (Å²) in [6.07, 6.45) is 2.02. The van der Waals surface area contributed by atoms with E-state index < -0.39 is 6.08 Å². The third-order valence-corrected chi connectivity index (χ3v) is 0.534. The summed E-state index contributed by atoms with van der Waals surface area (Å²) in [5.74, 6) is 0. The van der Waals surface area contributed by atoms with E-state index in [1.54, 1.807) is 6.07 Å². The molecular formula is C4H5FN2O. The second-order valence-corrected chi connectivity index (χ2v) is 1.02. The van der Waals surface area contributed by atoms with Crippen molar-refractivity contribution in [1.29, 1.82) is 0 Å². The van der Waals surface area contributed by atoms with Crippen molar-refractivity contribution in [3.63, 3.8) is 0 Å². The molecule has 44 valence electrons. The van der Waals surface area contributed by atoms with E-state index >= 15 is 0 Å². The van der Waals surface area contributed by atoms with Crippen LogP contribution in [-0.4, -0.2) is 15.4 Å². The molecule has 0 amide bonds. The summed E-state index contributed by atoms with van der Waals surface area (Å²) in [6, 6.07) is 1.56. The Morgan fingerprint density at radius 2 is 1.75 bits per heavy atom. The molecule has 0 saturated heterocycles. The van der Waals surface area contributed by atoms with Crippen molar-refractivity contribution in [1.82, 2.24) is 9.97 Å². The average Bonchev–Trinajstić information content (AvgIpc) is 1.69. The molecule has 0 fully saturated rings. The summed E-state index contributed by atoms with van der Waals surface area (Å²) in [6.45, 7) is 0. The maximum Gasteiger partial charge on any atom is 0.308 e. The molecule has 0 atom stereocenters. The Hall–Kier alpha value is -1.03. The number of hydrogen-bond donors (Lipinski definition) is 0. The largest absolute Gasteiger partial charge is 0.412 e. The Labute approximate surface area is 45.5 Å². The second kappa shape index (κ2) is 3.04. The molecule has 1 aromatic rings. The van der Waals surface area contributed by atoms with Crippen molar-refractivity contribution < 1.29 is 9.87 Å². The zero-order chi connectivity index (χ0) is 5.11. The molecule has 1 rings (SSSR count). The maximum atomic E-state index is 11.7. The fourth-order valence-electron chi connectivity index (χ4n) is 0.281. The molecule has 0 spiro atoms. The summed E-state index contributed by atoms with van der Waals surface area (Å²) in [5.41, 5.74) is 0. The lowest BCUT2D eigenvalue weighted by molar-refractivity contribution is 0.538. The van der Waals surface area contributed by atoms with Gasteiger partial charge in [-0.1, -0.05) is 0 Å². The summed E-state index contributed by atoms with van der Waals surface area (Å²) < 4.78 is 11.7. The van der Waals surface area contributed by atoms with Crippen LogP contribution in [0.1, 0.15) is 0 Å². The van der Waals surface area contributed by atoms with Crippen LogP contribution in [0.25, 0.3) is 0 Å². The Balaban J connectivity index is 0.000000490. The SMILES string of the molecule is Fc1ncccn1.O. The molecular weight excluding hydrogens is 111 g/mol. The van der Waals surface area contributed by atoms with Crippen LogP contribution in [0.2, 0.25) is 0 Å². The van der Waals surface area contributed by atoms with Gasteiger partial charge in [0, 0.05) is 12.4 Å². The lowest BCUT2D eigenvalue weighted by Crippen LogP contribution is -1.81. The molecule has 0 aliphatic carbocycles. The van der Waals surface area contributed by atoms with E-state index in [4.69, 9.17) is 0 Å². The third-order valence-electron chi connectivity index (χ3n) is 0.534. The molecule has 3 nitrogen and oxygen atoms in total. The zero-order valence-corrected chi connectivity index (χ0v) is 4.00. The number of hydrogen-bond acceptors (Lipinski definition) is 2. The van der Waals surface area contributed by atoms with Gasteiger partial charge in [-0.3, -0.25) is 0 Å². The Morgan fingerprint density at radius 1 is 1.25 bits per heavy atom. The fraction of sp³-hybridized carbons (Fsp3) is 0. The number of aromatic nitrogens is 2. The molecule has 0 radical (unpaired) electrons. The van der Waals surface area contributed by atoms with Crippen molar-refractivity contribution >= 4 is 0 Å². The quantitative estimate of drug-likeness (QED) is 0.440. The molecule has 2 N–H and O–H groups in total. The number of rotatable bonds is 0. The zero-order valence-electron chi connectivity index (χ0n) is 4.00. The van der Waals surface area contributed by atoms with Crippen LogP contribution in [0, 0.1) is 6.08 Å². The van der Waals surface area contributed by atoms with Crippen LogP contribution in [0.15, 0.2) is 18.5 Å². The minimum Gasteiger partial charge on any atom is -0.412 e. The van der Waals surface area contributed by atoms with Gasteiger partial charge in [-0.25, -0.2) is 9.97 Å². The average molecular weight is 116 g/mol. The normalized spacial score (nSPS) is 7.62. The van der Waals surface area contributed by atoms with Crippen LogP contribution in [0.4, 0.5) is 4.39 Å². The first-order chi connectivity index (χ1) is 3.39. The van der Waals surface area contributed by atoms with E-state index in [1.807, 2.05) is 0 Å². The van der Waals surface area contributed by atoms with Crippen LogP contribution in [0.5, 0.6) is 0 Å². The predicted octanol–water partition coefficient (Wildman–Crippen LogP) is -0.209. The fourth-order valence-corrected chi connectivity index (χ4v) is 0.281. The van der Waals surface area contributed by atoms with Crippen LogP contribution < -0.4 is 0 Å². The van der Waals surface area contributed by atoms with Gasteiger partial charge in [0.2, 0.25) is 0 Å². The van der Waals surface area contributed by atoms with Gasteiger partial charge in [-0.15, -0.1) is 0 Å². The number of nitrogens with zero attached hydrogens (tertiary/aromatic N) is 2. The van der Waals surface area contributed by atoms with Crippen molar-refractivity contribution in [2.75, 3.05) is 0 Å². The van der Waals surface area contributed by atoms with Crippen molar-refractivity contribution in [3.8, 4) is 0 Å². The molecule has 0 bridgehead atoms. The number of halogens is 1. The molecule has 0 aliphatic rings. The smallest absolute Gasteiger partial charge is 0.308 e. The molecule has 0 aromatic carbocycles. The summed E-state index contributed by atoms with van der Waals surface area (Å²) >= 11 is 0. The standard InChI is InChI=1S/C4H3FN2.H2O/c5-4-6-2-1-3-7-4;/h1-3H;1H2. The monoisotopic (exact) mass is 116 g/mol. The second-order valence-electron chi connectivity index (χ2n) is 1.02. The Kier molecular flexibility index (Phi) is 2.64. The van der Waals surface area contributed by atoms with Crippen molar-refractivity contribution in [2.45, 2.75) is 0 Å². The summed E-state index contributed by atoms with van der Waals surface area (Å²) in [4.78, 5) is 6.40. The van der Waals surface area contributed by atoms with Gasteiger partial charge in [0.05, 0.1) is 0 Å². The highest BCUT2D eigenvalue weighted by atomic mass is 19.1. The van der Waals surface area contributed by atoms with E-state index in [9.17, 15) is 4.39 Å². The van der Waals surface area contributed by atoms with Gasteiger partial charge in [0.1, 0.15) is 0 Å². The van der Waals surface area contributed by atoms with Gasteiger partial charge in [0.15, 0.2) is 0 Å². The van der Waals surface area contributed by atoms with E-state index in [1.165, 1.54) is 12.4 Å². The predicted molar refractivity (Wildman–Crippen MR) is 25.6 cm³/mol. The maximum absolute atomic E-state index is 11.7. The molecule has 1 heterocycles. The molecule has 4 heteroatoms. The molecule has 0 saturated carbocycles. The summed E-state index contributed by atoms with van der Waals surface area (Å²) in [7, 11) is 0. The van der Waals surface area contributed by atoms with Crippen LogP contribution >= 0.6 is 0 Å². The highest BCUT2D eigenvalue weighted by Crippen LogP contribution is 1.79. The van der Waals surface area contributed by atoms with E-state index in [-0.39, 0.29) is 5.48 Å². The molecule has 0 unspecified atom stereocenters. The molecule has 0 aliphatic heterocycles. The van der Waals surface area contributed by atoms with E-state index in [2.05, 4.69) is 9.97 Å². The van der Waals surface area contributed by atoms with E-state index in [0.717, 1.165) is 0 Å². The first-order valence-corrected chi connectivity index (χ1v) is 1.82. The highest BCUT2D eigenvalue weighted by Gasteiger charge is 1.80. The van der Waals surface area contributed by atoms with Crippen LogP contribution in [-0.2, 0) is 0 Å². The van der Waals surface area contributed by atoms with Gasteiger partial charge < -0.3 is 5.48 Å². The highest BCUT2D eigenvalue weighted by molar-refractivity contribution is 4.76. The van der Waals surface area contributed by atoms with E-state index in [0.29, 0.717) is 0 Å². The third kappa shape index (κ3) is 1.61. The Bertz CT molecular complexity index is 144. The summed E-state index contributed by atoms with van der Waals surface area (Å²) in [5, 5.41) is 0. The van der Waals surface area contributed by atoms with Gasteiger partial charge in [0.25, 0.3) is 0 Å². The van der Waals surface area contributed by atoms with Gasteiger partial charge in [-0.05, 0) is 6.07 Å². The van der Waals surface area contributed by atoms with Crippen molar-refractivity contribution in [2.24, 2.45) is 0 Å². The molecule has 8 heavy (non-hydrogen) atoms. The topological polar surface area (TPSA) is 57.3 Å². The lowest BCUT2D eigenvalue weighted by atomic mass is 10.7. The minimum atomic E-state index is -0.678. The van der Waals surface area contributed by atoms with Crippen LogP contribution in [0.3, 0.4) is 0 Å². The lowest BCUT2D eigenvalue weighted by Gasteiger charge is -1.77. The van der Waals surface area contributed by atoms with Gasteiger partial charge >= 0.3 is 6.08 Å². The van der Waals surface area contributed by atoms with Crippen molar-refractivity contribution in [3.05, 3.63) is 24.5 Å². The van der Waals surface area contributed by atoms with Gasteiger partial charge in [-0.2, -0.15) is 4.39 Å². The Morgan fingerprint density at radius 3 is 2.00 bits per heavy atom. The minimum absolute atomic E-state index is 0.